The minimum Gasteiger partial charge on any atom is -0.0914 e. The molecule has 1 aliphatic carbocycles. The van der Waals surface area contributed by atoms with E-state index in [1.165, 1.54) is 24.8 Å². The Morgan fingerprint density at radius 2 is 2.24 bits per heavy atom. The van der Waals surface area contributed by atoms with Gasteiger partial charge in [-0.15, -0.1) is 0 Å². The summed E-state index contributed by atoms with van der Waals surface area (Å²) in [6, 6.07) is 8.10. The molecule has 1 aromatic rings. The number of rotatable bonds is 5. The first kappa shape index (κ1) is 12.7. The highest BCUT2D eigenvalue weighted by Gasteiger charge is 2.24. The lowest BCUT2D eigenvalue weighted by Gasteiger charge is -2.32. The number of halogens is 1. The third-order valence-corrected chi connectivity index (χ3v) is 3.90. The molecule has 1 saturated carbocycles. The maximum Gasteiger partial charge on any atom is 0.0408 e. The van der Waals surface area contributed by atoms with Crippen LogP contribution in [0.5, 0.6) is 0 Å². The Morgan fingerprint density at radius 1 is 1.41 bits per heavy atom. The number of hydrogen-bond acceptors (Lipinski definition) is 0. The quantitative estimate of drug-likeness (QED) is 0.622. The molecule has 0 spiro atoms. The van der Waals surface area contributed by atoms with Crippen LogP contribution in [-0.4, -0.2) is 0 Å². The molecule has 0 aromatic heterocycles. The summed E-state index contributed by atoms with van der Waals surface area (Å²) >= 11 is 5.99. The molecular formula is C16H20Cl. The van der Waals surface area contributed by atoms with Gasteiger partial charge in [0.2, 0.25) is 0 Å². The van der Waals surface area contributed by atoms with Crippen LogP contribution in [0.2, 0.25) is 5.02 Å². The van der Waals surface area contributed by atoms with Crippen molar-refractivity contribution in [3.63, 3.8) is 0 Å². The summed E-state index contributed by atoms with van der Waals surface area (Å²) in [7, 11) is 0. The van der Waals surface area contributed by atoms with E-state index in [4.69, 9.17) is 11.6 Å². The van der Waals surface area contributed by atoms with E-state index in [-0.39, 0.29) is 0 Å². The Kier molecular flexibility index (Phi) is 4.67. The van der Waals surface area contributed by atoms with Crippen molar-refractivity contribution in [2.75, 3.05) is 0 Å². The van der Waals surface area contributed by atoms with Gasteiger partial charge in [0, 0.05) is 5.02 Å². The van der Waals surface area contributed by atoms with Crippen molar-refractivity contribution in [1.82, 2.24) is 0 Å². The van der Waals surface area contributed by atoms with Crippen LogP contribution >= 0.6 is 11.6 Å². The Labute approximate surface area is 110 Å². The standard InChI is InChI=1S/C16H20Cl/c1-2-5-14(15-7-4-8-15)11-10-13-6-3-9-16(17)12-13/h2-3,5-6,9-10,12,14-15H,4,7-8,11H2,1H3/b5-2+. The van der Waals surface area contributed by atoms with E-state index in [2.05, 4.69) is 31.6 Å². The maximum atomic E-state index is 5.99. The van der Waals surface area contributed by atoms with Crippen LogP contribution in [0, 0.1) is 18.3 Å². The van der Waals surface area contributed by atoms with Gasteiger partial charge in [0.15, 0.2) is 0 Å². The second-order valence-electron chi connectivity index (χ2n) is 4.88. The lowest BCUT2D eigenvalue weighted by Crippen LogP contribution is -2.20. The predicted octanol–water partition coefficient (Wildman–Crippen LogP) is 5.27. The van der Waals surface area contributed by atoms with Gasteiger partial charge in [0.1, 0.15) is 0 Å². The van der Waals surface area contributed by atoms with E-state index in [1.54, 1.807) is 0 Å². The number of benzene rings is 1. The van der Waals surface area contributed by atoms with E-state index >= 15 is 0 Å². The third-order valence-electron chi connectivity index (χ3n) is 3.67. The molecule has 1 radical (unpaired) electrons. The largest absolute Gasteiger partial charge is 0.0914 e. The minimum atomic E-state index is 0.715. The van der Waals surface area contributed by atoms with E-state index in [9.17, 15) is 0 Å². The van der Waals surface area contributed by atoms with Crippen LogP contribution < -0.4 is 0 Å². The Bertz CT molecular complexity index is 377. The lowest BCUT2D eigenvalue weighted by atomic mass is 9.73. The molecule has 1 fully saturated rings. The van der Waals surface area contributed by atoms with Gasteiger partial charge in [0.25, 0.3) is 0 Å². The van der Waals surface area contributed by atoms with Crippen molar-refractivity contribution in [2.45, 2.75) is 32.6 Å². The van der Waals surface area contributed by atoms with Crippen LogP contribution in [0.4, 0.5) is 0 Å². The summed E-state index contributed by atoms with van der Waals surface area (Å²) in [6.07, 6.45) is 12.2. The highest BCUT2D eigenvalue weighted by molar-refractivity contribution is 6.30. The first-order chi connectivity index (χ1) is 8.29. The van der Waals surface area contributed by atoms with Crippen LogP contribution in [-0.2, 0) is 0 Å². The zero-order valence-electron chi connectivity index (χ0n) is 10.4. The molecule has 0 aliphatic heterocycles. The predicted molar refractivity (Wildman–Crippen MR) is 75.1 cm³/mol. The number of allylic oxidation sites excluding steroid dienone is 2. The summed E-state index contributed by atoms with van der Waals surface area (Å²) in [5.74, 6) is 1.62. The van der Waals surface area contributed by atoms with E-state index in [0.717, 1.165) is 17.4 Å². The van der Waals surface area contributed by atoms with Crippen molar-refractivity contribution in [1.29, 1.82) is 0 Å². The monoisotopic (exact) mass is 247 g/mol. The van der Waals surface area contributed by atoms with E-state index < -0.39 is 0 Å². The molecule has 0 amide bonds. The highest BCUT2D eigenvalue weighted by Crippen LogP contribution is 2.37. The van der Waals surface area contributed by atoms with Crippen LogP contribution in [0.15, 0.2) is 36.4 Å². The van der Waals surface area contributed by atoms with E-state index in [0.29, 0.717) is 5.92 Å². The zero-order chi connectivity index (χ0) is 12.1. The zero-order valence-corrected chi connectivity index (χ0v) is 11.2. The molecule has 91 valence electrons. The van der Waals surface area contributed by atoms with Gasteiger partial charge in [-0.2, -0.15) is 0 Å². The van der Waals surface area contributed by atoms with Crippen molar-refractivity contribution < 1.29 is 0 Å². The Morgan fingerprint density at radius 3 is 2.82 bits per heavy atom. The number of hydrogen-bond donors (Lipinski definition) is 0. The van der Waals surface area contributed by atoms with Crippen molar-refractivity contribution in [2.24, 2.45) is 11.8 Å². The van der Waals surface area contributed by atoms with Gasteiger partial charge in [-0.25, -0.2) is 0 Å². The second kappa shape index (κ2) is 6.26. The van der Waals surface area contributed by atoms with Gasteiger partial charge in [0.05, 0.1) is 0 Å². The third kappa shape index (κ3) is 3.61. The van der Waals surface area contributed by atoms with Crippen LogP contribution in [0.1, 0.15) is 38.2 Å². The Balaban J connectivity index is 1.90. The normalized spacial score (nSPS) is 18.2. The minimum absolute atomic E-state index is 0.715. The molecule has 1 atom stereocenters. The van der Waals surface area contributed by atoms with Gasteiger partial charge in [-0.05, 0) is 62.1 Å². The molecule has 1 unspecified atom stereocenters. The fraction of sp³-hybridized carbons (Fsp3) is 0.438. The van der Waals surface area contributed by atoms with E-state index in [1.807, 2.05) is 18.2 Å². The Hall–Kier alpha value is -0.750. The fourth-order valence-corrected chi connectivity index (χ4v) is 2.65. The average molecular weight is 248 g/mol. The summed E-state index contributed by atoms with van der Waals surface area (Å²) in [6.45, 7) is 2.12. The molecule has 1 heteroatoms. The van der Waals surface area contributed by atoms with Crippen molar-refractivity contribution in [3.8, 4) is 0 Å². The van der Waals surface area contributed by atoms with Gasteiger partial charge < -0.3 is 0 Å². The molecule has 0 nitrogen and oxygen atoms in total. The van der Waals surface area contributed by atoms with Crippen LogP contribution in [0.25, 0.3) is 0 Å². The average Bonchev–Trinajstić information content (AvgIpc) is 2.24. The molecule has 0 bridgehead atoms. The molecule has 1 aliphatic rings. The SMILES string of the molecule is C/C=C/C(C[CH]c1cccc(Cl)c1)C1CCC1. The molecule has 0 N–H and O–H groups in total. The summed E-state index contributed by atoms with van der Waals surface area (Å²) in [4.78, 5) is 0. The van der Waals surface area contributed by atoms with Gasteiger partial charge in [-0.3, -0.25) is 0 Å². The molecule has 17 heavy (non-hydrogen) atoms. The molecular weight excluding hydrogens is 228 g/mol. The molecule has 0 heterocycles. The lowest BCUT2D eigenvalue weighted by molar-refractivity contribution is 0.240. The highest BCUT2D eigenvalue weighted by atomic mass is 35.5. The molecule has 2 rings (SSSR count). The van der Waals surface area contributed by atoms with Crippen molar-refractivity contribution in [3.05, 3.63) is 53.4 Å². The van der Waals surface area contributed by atoms with Gasteiger partial charge in [-0.1, -0.05) is 42.3 Å². The molecule has 0 saturated heterocycles. The first-order valence-corrected chi connectivity index (χ1v) is 6.89. The summed E-state index contributed by atoms with van der Waals surface area (Å²) < 4.78 is 0. The van der Waals surface area contributed by atoms with Crippen molar-refractivity contribution >= 4 is 11.6 Å². The smallest absolute Gasteiger partial charge is 0.0408 e. The topological polar surface area (TPSA) is 0 Å². The van der Waals surface area contributed by atoms with Gasteiger partial charge >= 0.3 is 0 Å². The first-order valence-electron chi connectivity index (χ1n) is 6.51. The fourth-order valence-electron chi connectivity index (χ4n) is 2.45. The maximum absolute atomic E-state index is 5.99. The second-order valence-corrected chi connectivity index (χ2v) is 5.31. The molecule has 1 aromatic carbocycles. The summed E-state index contributed by atoms with van der Waals surface area (Å²) in [5, 5.41) is 0.824. The summed E-state index contributed by atoms with van der Waals surface area (Å²) in [5.41, 5.74) is 1.24. The van der Waals surface area contributed by atoms with Crippen LogP contribution in [0.3, 0.4) is 0 Å².